The number of allylic oxidation sites excluding steroid dienone is 1. The van der Waals surface area contributed by atoms with Crippen molar-refractivity contribution in [2.24, 2.45) is 0 Å². The van der Waals surface area contributed by atoms with E-state index >= 15 is 0 Å². The van der Waals surface area contributed by atoms with Crippen molar-refractivity contribution >= 4 is 17.8 Å². The van der Waals surface area contributed by atoms with Crippen LogP contribution in [0.5, 0.6) is 0 Å². The topological polar surface area (TPSA) is 62.7 Å². The third-order valence-electron chi connectivity index (χ3n) is 2.48. The van der Waals surface area contributed by atoms with Gasteiger partial charge in [-0.3, -0.25) is 0 Å². The van der Waals surface area contributed by atoms with Gasteiger partial charge in [0.1, 0.15) is 6.61 Å². The molecule has 0 aromatic heterocycles. The van der Waals surface area contributed by atoms with Crippen molar-refractivity contribution in [2.45, 2.75) is 19.8 Å². The number of rotatable bonds is 7. The van der Waals surface area contributed by atoms with Crippen LogP contribution in [0.1, 0.15) is 25.3 Å². The fourth-order valence-electron chi connectivity index (χ4n) is 1.43. The van der Waals surface area contributed by atoms with Crippen molar-refractivity contribution in [1.82, 2.24) is 0 Å². The number of benzene rings is 1. The van der Waals surface area contributed by atoms with E-state index in [1.807, 2.05) is 36.4 Å². The zero-order valence-corrected chi connectivity index (χ0v) is 11.5. The Kier molecular flexibility index (Phi) is 7.39. The zero-order chi connectivity index (χ0) is 14.6. The van der Waals surface area contributed by atoms with Crippen LogP contribution in [-0.4, -0.2) is 23.1 Å². The fourth-order valence-corrected chi connectivity index (χ4v) is 1.43. The van der Waals surface area contributed by atoms with Gasteiger partial charge < -0.3 is 10.3 Å². The molecule has 0 radical (unpaired) electrons. The number of unbranched alkanes of at least 4 members (excludes halogenated alkanes) is 1. The Bertz CT molecular complexity index is 527. The predicted molar refractivity (Wildman–Crippen MR) is 79.1 cm³/mol. The van der Waals surface area contributed by atoms with Crippen LogP contribution in [0.4, 0.5) is 0 Å². The maximum atomic E-state index is 11.6. The smallest absolute Gasteiger partial charge is 0.421 e. The van der Waals surface area contributed by atoms with Gasteiger partial charge in [-0.05, 0) is 18.1 Å². The number of ether oxygens (including phenoxy) is 1. The molecular weight excluding hydrogens is 252 g/mol. The minimum atomic E-state index is -0.652. The second-order valence-electron chi connectivity index (χ2n) is 4.09. The van der Waals surface area contributed by atoms with Crippen LogP contribution in [0.15, 0.2) is 48.6 Å². The van der Waals surface area contributed by atoms with E-state index in [4.69, 9.17) is 10.3 Å². The molecule has 1 rings (SSSR count). The predicted octanol–water partition coefficient (Wildman–Crippen LogP) is 3.27. The number of esters is 1. The minimum Gasteiger partial charge on any atom is -0.453 e. The number of carbonyl (C=O) groups excluding carboxylic acids is 1. The minimum absolute atomic E-state index is 0.127. The SMILES string of the molecule is CCC/C=C/COC(=O)C(/C=C/c1ccccc1)=[N+]=[N-]. The lowest BCUT2D eigenvalue weighted by Gasteiger charge is -1.95. The lowest BCUT2D eigenvalue weighted by Crippen LogP contribution is -2.16. The normalized spacial score (nSPS) is 10.7. The molecule has 0 N–H and O–H groups in total. The average molecular weight is 270 g/mol. The molecule has 0 unspecified atom stereocenters. The molecule has 0 saturated heterocycles. The van der Waals surface area contributed by atoms with Crippen molar-refractivity contribution in [2.75, 3.05) is 6.61 Å². The van der Waals surface area contributed by atoms with E-state index in [2.05, 4.69) is 11.7 Å². The Morgan fingerprint density at radius 1 is 1.30 bits per heavy atom. The molecule has 1 aromatic rings. The molecule has 0 bridgehead atoms. The molecule has 4 heteroatoms. The summed E-state index contributed by atoms with van der Waals surface area (Å²) in [7, 11) is 0. The highest BCUT2D eigenvalue weighted by Gasteiger charge is 2.17. The summed E-state index contributed by atoms with van der Waals surface area (Å²) >= 11 is 0. The average Bonchev–Trinajstić information content (AvgIpc) is 2.48. The first-order valence-electron chi connectivity index (χ1n) is 6.55. The first kappa shape index (κ1) is 15.6. The summed E-state index contributed by atoms with van der Waals surface area (Å²) in [6, 6.07) is 9.42. The van der Waals surface area contributed by atoms with Crippen LogP contribution in [0.25, 0.3) is 11.6 Å². The second kappa shape index (κ2) is 9.48. The van der Waals surface area contributed by atoms with Crippen LogP contribution in [0.2, 0.25) is 0 Å². The standard InChI is InChI=1S/C16H18N2O2/c1-2-3-4-8-13-20-16(19)15(18-17)12-11-14-9-6-5-7-10-14/h4-12H,2-3,13H2,1H3/b8-4+,12-11+. The molecule has 0 saturated carbocycles. The molecule has 0 aliphatic carbocycles. The molecule has 4 nitrogen and oxygen atoms in total. The van der Waals surface area contributed by atoms with Gasteiger partial charge in [0.25, 0.3) is 0 Å². The molecule has 0 heterocycles. The maximum absolute atomic E-state index is 11.6. The summed E-state index contributed by atoms with van der Waals surface area (Å²) in [6.45, 7) is 2.25. The van der Waals surface area contributed by atoms with Crippen molar-refractivity contribution in [3.8, 4) is 0 Å². The van der Waals surface area contributed by atoms with Crippen LogP contribution >= 0.6 is 0 Å². The van der Waals surface area contributed by atoms with Crippen LogP contribution in [0, 0.1) is 0 Å². The molecule has 1 aromatic carbocycles. The van der Waals surface area contributed by atoms with Crippen LogP contribution in [0.3, 0.4) is 0 Å². The number of carbonyl (C=O) groups is 1. The van der Waals surface area contributed by atoms with Gasteiger partial charge in [-0.2, -0.15) is 4.79 Å². The molecular formula is C16H18N2O2. The second-order valence-corrected chi connectivity index (χ2v) is 4.09. The van der Waals surface area contributed by atoms with Gasteiger partial charge in [-0.15, -0.1) is 0 Å². The number of hydrogen-bond acceptors (Lipinski definition) is 2. The summed E-state index contributed by atoms with van der Waals surface area (Å²) in [4.78, 5) is 14.6. The fraction of sp³-hybridized carbons (Fsp3) is 0.250. The molecule has 0 spiro atoms. The van der Waals surface area contributed by atoms with Gasteiger partial charge >= 0.3 is 11.7 Å². The highest BCUT2D eigenvalue weighted by molar-refractivity contribution is 6.39. The lowest BCUT2D eigenvalue weighted by atomic mass is 10.2. The van der Waals surface area contributed by atoms with Crippen molar-refractivity contribution < 1.29 is 14.3 Å². The largest absolute Gasteiger partial charge is 0.453 e. The monoisotopic (exact) mass is 270 g/mol. The molecule has 0 aliphatic heterocycles. The van der Waals surface area contributed by atoms with E-state index in [0.29, 0.717) is 0 Å². The zero-order valence-electron chi connectivity index (χ0n) is 11.5. The van der Waals surface area contributed by atoms with Gasteiger partial charge in [0.2, 0.25) is 0 Å². The highest BCUT2D eigenvalue weighted by atomic mass is 16.5. The Balaban J connectivity index is 2.52. The Labute approximate surface area is 119 Å². The summed E-state index contributed by atoms with van der Waals surface area (Å²) in [5.41, 5.74) is 9.61. The first-order chi connectivity index (χ1) is 9.77. The lowest BCUT2D eigenvalue weighted by molar-refractivity contribution is -0.138. The van der Waals surface area contributed by atoms with Gasteiger partial charge in [0.05, 0.1) is 0 Å². The highest BCUT2D eigenvalue weighted by Crippen LogP contribution is 2.01. The number of hydrogen-bond donors (Lipinski definition) is 0. The van der Waals surface area contributed by atoms with Crippen molar-refractivity contribution in [3.63, 3.8) is 0 Å². The molecule has 0 aliphatic rings. The molecule has 104 valence electrons. The summed E-state index contributed by atoms with van der Waals surface area (Å²) in [6.07, 6.45) is 8.83. The van der Waals surface area contributed by atoms with E-state index < -0.39 is 5.97 Å². The van der Waals surface area contributed by atoms with Crippen LogP contribution < -0.4 is 0 Å². The van der Waals surface area contributed by atoms with Crippen LogP contribution in [-0.2, 0) is 9.53 Å². The van der Waals surface area contributed by atoms with E-state index in [1.54, 1.807) is 12.2 Å². The Morgan fingerprint density at radius 2 is 2.05 bits per heavy atom. The van der Waals surface area contributed by atoms with Gasteiger partial charge in [0.15, 0.2) is 0 Å². The quantitative estimate of drug-likeness (QED) is 0.251. The summed E-state index contributed by atoms with van der Waals surface area (Å²) in [5, 5.41) is 0. The van der Waals surface area contributed by atoms with Gasteiger partial charge in [0, 0.05) is 6.08 Å². The van der Waals surface area contributed by atoms with Gasteiger partial charge in [-0.25, -0.2) is 4.79 Å². The summed E-state index contributed by atoms with van der Waals surface area (Å²) in [5.74, 6) is -0.652. The number of nitrogens with zero attached hydrogens (tertiary/aromatic N) is 2. The molecule has 20 heavy (non-hydrogen) atoms. The first-order valence-corrected chi connectivity index (χ1v) is 6.55. The third-order valence-corrected chi connectivity index (χ3v) is 2.48. The molecule has 0 fully saturated rings. The third kappa shape index (κ3) is 5.94. The molecule has 0 atom stereocenters. The van der Waals surface area contributed by atoms with E-state index in [0.717, 1.165) is 18.4 Å². The maximum Gasteiger partial charge on any atom is 0.421 e. The summed E-state index contributed by atoms with van der Waals surface area (Å²) < 4.78 is 4.96. The molecule has 0 amide bonds. The van der Waals surface area contributed by atoms with Gasteiger partial charge in [-0.1, -0.05) is 55.8 Å². The Hall–Kier alpha value is -2.45. The van der Waals surface area contributed by atoms with Crippen molar-refractivity contribution in [1.29, 1.82) is 0 Å². The van der Waals surface area contributed by atoms with E-state index in [1.165, 1.54) is 6.08 Å². The Morgan fingerprint density at radius 3 is 2.70 bits per heavy atom. The van der Waals surface area contributed by atoms with Crippen molar-refractivity contribution in [3.05, 3.63) is 59.7 Å². The van der Waals surface area contributed by atoms with E-state index in [9.17, 15) is 4.79 Å². The van der Waals surface area contributed by atoms with E-state index in [-0.39, 0.29) is 12.3 Å².